The molecule has 0 aliphatic heterocycles. The van der Waals surface area contributed by atoms with Gasteiger partial charge < -0.3 is 15.5 Å². The lowest BCUT2D eigenvalue weighted by Gasteiger charge is -2.30. The molecule has 7 heteroatoms. The van der Waals surface area contributed by atoms with Gasteiger partial charge in [-0.1, -0.05) is 13.3 Å². The van der Waals surface area contributed by atoms with Crippen LogP contribution in [0, 0.1) is 0 Å². The summed E-state index contributed by atoms with van der Waals surface area (Å²) in [5.41, 5.74) is 0. The quantitative estimate of drug-likeness (QED) is 0.229. The number of nitrogens with zero attached hydrogens (tertiary/aromatic N) is 3. The van der Waals surface area contributed by atoms with Crippen molar-refractivity contribution in [2.75, 3.05) is 40.3 Å². The lowest BCUT2D eigenvalue weighted by molar-refractivity contribution is -0.127. The number of amides is 1. The molecule has 0 radical (unpaired) electrons. The van der Waals surface area contributed by atoms with Gasteiger partial charge in [0.2, 0.25) is 5.91 Å². The molecule has 0 heterocycles. The minimum absolute atomic E-state index is 0. The molecule has 0 rings (SSSR count). The molecule has 0 aliphatic rings. The van der Waals surface area contributed by atoms with Crippen LogP contribution in [0.2, 0.25) is 0 Å². The Morgan fingerprint density at radius 2 is 1.58 bits per heavy atom. The molecule has 2 N–H and O–H groups in total. The van der Waals surface area contributed by atoms with Crippen LogP contribution in [0.4, 0.5) is 0 Å². The molecule has 0 bridgehead atoms. The van der Waals surface area contributed by atoms with Gasteiger partial charge in [-0.2, -0.15) is 0 Å². The Balaban J connectivity index is 0. The maximum absolute atomic E-state index is 11.7. The SMILES string of the molecule is CCCCNC(=NCC(=O)N(C)C)NCCN(C(C)C)C(C)C.I. The highest BCUT2D eigenvalue weighted by molar-refractivity contribution is 14.0. The number of hydrogen-bond donors (Lipinski definition) is 2. The Hall–Kier alpha value is -0.570. The largest absolute Gasteiger partial charge is 0.356 e. The van der Waals surface area contributed by atoms with Crippen LogP contribution in [0.5, 0.6) is 0 Å². The molecule has 6 nitrogen and oxygen atoms in total. The zero-order chi connectivity index (χ0) is 17.8. The Morgan fingerprint density at radius 1 is 1.04 bits per heavy atom. The van der Waals surface area contributed by atoms with Crippen molar-refractivity contribution >= 4 is 35.8 Å². The van der Waals surface area contributed by atoms with Gasteiger partial charge in [-0.3, -0.25) is 9.69 Å². The number of guanidine groups is 1. The molecule has 0 aromatic carbocycles. The van der Waals surface area contributed by atoms with E-state index in [9.17, 15) is 4.79 Å². The van der Waals surface area contributed by atoms with E-state index in [4.69, 9.17) is 0 Å². The topological polar surface area (TPSA) is 60.0 Å². The summed E-state index contributed by atoms with van der Waals surface area (Å²) >= 11 is 0. The van der Waals surface area contributed by atoms with E-state index in [1.807, 2.05) is 0 Å². The molecular formula is C17H38IN5O. The van der Waals surface area contributed by atoms with Crippen LogP contribution in [0.1, 0.15) is 47.5 Å². The van der Waals surface area contributed by atoms with Crippen LogP contribution in [0.25, 0.3) is 0 Å². The number of nitrogens with one attached hydrogen (secondary N) is 2. The second-order valence-electron chi connectivity index (χ2n) is 6.59. The van der Waals surface area contributed by atoms with Crippen LogP contribution in [-0.2, 0) is 4.79 Å². The third kappa shape index (κ3) is 11.9. The van der Waals surface area contributed by atoms with Gasteiger partial charge in [0.1, 0.15) is 6.54 Å². The van der Waals surface area contributed by atoms with Crippen molar-refractivity contribution in [1.29, 1.82) is 0 Å². The van der Waals surface area contributed by atoms with Crippen LogP contribution in [-0.4, -0.2) is 74.0 Å². The Labute approximate surface area is 165 Å². The van der Waals surface area contributed by atoms with Gasteiger partial charge in [-0.25, -0.2) is 4.99 Å². The fourth-order valence-electron chi connectivity index (χ4n) is 2.26. The van der Waals surface area contributed by atoms with Crippen molar-refractivity contribution in [1.82, 2.24) is 20.4 Å². The fraction of sp³-hybridized carbons (Fsp3) is 0.882. The van der Waals surface area contributed by atoms with Crippen molar-refractivity contribution in [3.8, 4) is 0 Å². The average molecular weight is 455 g/mol. The van der Waals surface area contributed by atoms with Crippen LogP contribution in [0.15, 0.2) is 4.99 Å². The zero-order valence-corrected chi connectivity index (χ0v) is 18.9. The molecular weight excluding hydrogens is 417 g/mol. The van der Waals surface area contributed by atoms with Crippen molar-refractivity contribution in [2.24, 2.45) is 4.99 Å². The lowest BCUT2D eigenvalue weighted by Crippen LogP contribution is -2.45. The summed E-state index contributed by atoms with van der Waals surface area (Å²) in [6.45, 7) is 13.8. The monoisotopic (exact) mass is 455 g/mol. The maximum Gasteiger partial charge on any atom is 0.243 e. The van der Waals surface area contributed by atoms with Gasteiger partial charge >= 0.3 is 0 Å². The zero-order valence-electron chi connectivity index (χ0n) is 16.6. The third-order valence-corrected chi connectivity index (χ3v) is 3.68. The highest BCUT2D eigenvalue weighted by atomic mass is 127. The smallest absolute Gasteiger partial charge is 0.243 e. The summed E-state index contributed by atoms with van der Waals surface area (Å²) in [7, 11) is 3.50. The number of carbonyl (C=O) groups is 1. The Bertz CT molecular complexity index is 351. The molecule has 0 aromatic rings. The second kappa shape index (κ2) is 14.7. The molecule has 24 heavy (non-hydrogen) atoms. The summed E-state index contributed by atoms with van der Waals surface area (Å²) in [5.74, 6) is 0.730. The van der Waals surface area contributed by atoms with Crippen molar-refractivity contribution in [2.45, 2.75) is 59.5 Å². The van der Waals surface area contributed by atoms with Crippen LogP contribution >= 0.6 is 24.0 Å². The van der Waals surface area contributed by atoms with E-state index in [1.54, 1.807) is 19.0 Å². The third-order valence-electron chi connectivity index (χ3n) is 3.68. The summed E-state index contributed by atoms with van der Waals surface area (Å²) in [6.07, 6.45) is 2.22. The van der Waals surface area contributed by atoms with Crippen molar-refractivity contribution in [3.63, 3.8) is 0 Å². The van der Waals surface area contributed by atoms with Gasteiger partial charge in [0.15, 0.2) is 5.96 Å². The number of aliphatic imine (C=N–C) groups is 1. The normalized spacial score (nSPS) is 11.7. The minimum Gasteiger partial charge on any atom is -0.356 e. The Morgan fingerprint density at radius 3 is 2.04 bits per heavy atom. The highest BCUT2D eigenvalue weighted by Crippen LogP contribution is 2.03. The number of rotatable bonds is 10. The average Bonchev–Trinajstić information content (AvgIpc) is 2.47. The molecule has 0 saturated heterocycles. The molecule has 0 atom stereocenters. The van der Waals surface area contributed by atoms with E-state index >= 15 is 0 Å². The van der Waals surface area contributed by atoms with E-state index in [1.165, 1.54) is 0 Å². The highest BCUT2D eigenvalue weighted by Gasteiger charge is 2.12. The first-order valence-corrected chi connectivity index (χ1v) is 8.77. The Kier molecular flexibility index (Phi) is 15.8. The standard InChI is InChI=1S/C17H37N5O.HI/c1-8-9-10-18-17(20-13-16(23)21(6)7)19-11-12-22(14(2)3)15(4)5;/h14-15H,8-13H2,1-7H3,(H2,18,19,20);1H. The van der Waals surface area contributed by atoms with Gasteiger partial charge in [0, 0.05) is 45.8 Å². The predicted octanol–water partition coefficient (Wildman–Crippen LogP) is 2.15. The number of likely N-dealkylation sites (N-methyl/N-ethyl adjacent to an activating group) is 1. The van der Waals surface area contributed by atoms with Gasteiger partial charge in [0.05, 0.1) is 0 Å². The maximum atomic E-state index is 11.7. The van der Waals surface area contributed by atoms with Crippen LogP contribution < -0.4 is 10.6 Å². The molecule has 0 fully saturated rings. The number of halogens is 1. The number of unbranched alkanes of at least 4 members (excludes halogenated alkanes) is 1. The van der Waals surface area contributed by atoms with Gasteiger partial charge in [0.25, 0.3) is 0 Å². The molecule has 0 saturated carbocycles. The second-order valence-corrected chi connectivity index (χ2v) is 6.59. The molecule has 0 aromatic heterocycles. The molecule has 144 valence electrons. The first-order chi connectivity index (χ1) is 10.8. The molecule has 0 spiro atoms. The summed E-state index contributed by atoms with van der Waals surface area (Å²) in [5, 5.41) is 6.64. The van der Waals surface area contributed by atoms with Crippen molar-refractivity contribution < 1.29 is 4.79 Å². The van der Waals surface area contributed by atoms with E-state index in [2.05, 4.69) is 55.1 Å². The summed E-state index contributed by atoms with van der Waals surface area (Å²) in [4.78, 5) is 20.1. The summed E-state index contributed by atoms with van der Waals surface area (Å²) < 4.78 is 0. The number of carbonyl (C=O) groups excluding carboxylic acids is 1. The minimum atomic E-state index is 0. The van der Waals surface area contributed by atoms with Gasteiger partial charge in [-0.05, 0) is 34.1 Å². The first-order valence-electron chi connectivity index (χ1n) is 8.77. The molecule has 0 aliphatic carbocycles. The van der Waals surface area contributed by atoms with Crippen molar-refractivity contribution in [3.05, 3.63) is 0 Å². The predicted molar refractivity (Wildman–Crippen MR) is 114 cm³/mol. The molecule has 1 amide bonds. The van der Waals surface area contributed by atoms with E-state index in [0.29, 0.717) is 12.1 Å². The van der Waals surface area contributed by atoms with Crippen LogP contribution in [0.3, 0.4) is 0 Å². The number of hydrogen-bond acceptors (Lipinski definition) is 3. The van der Waals surface area contributed by atoms with E-state index in [-0.39, 0.29) is 36.4 Å². The first kappa shape index (κ1) is 25.7. The summed E-state index contributed by atoms with van der Waals surface area (Å²) in [6, 6.07) is 1.03. The lowest BCUT2D eigenvalue weighted by atomic mass is 10.2. The molecule has 0 unspecified atom stereocenters. The van der Waals surface area contributed by atoms with E-state index in [0.717, 1.165) is 38.4 Å². The fourth-order valence-corrected chi connectivity index (χ4v) is 2.26. The van der Waals surface area contributed by atoms with E-state index < -0.39 is 0 Å². The van der Waals surface area contributed by atoms with Gasteiger partial charge in [-0.15, -0.1) is 24.0 Å².